The minimum Gasteiger partial charge on any atom is -0.365 e. The van der Waals surface area contributed by atoms with Crippen LogP contribution in [0.3, 0.4) is 0 Å². The lowest BCUT2D eigenvalue weighted by Gasteiger charge is -2.38. The van der Waals surface area contributed by atoms with Crippen molar-refractivity contribution in [2.45, 2.75) is 37.9 Å². The molecule has 2 amide bonds. The van der Waals surface area contributed by atoms with Gasteiger partial charge in [-0.05, 0) is 25.2 Å². The van der Waals surface area contributed by atoms with Crippen molar-refractivity contribution in [3.8, 4) is 0 Å². The monoisotopic (exact) mass is 412 g/mol. The highest BCUT2D eigenvalue weighted by Crippen LogP contribution is 2.39. The summed E-state index contributed by atoms with van der Waals surface area (Å²) in [6.07, 6.45) is -1.62. The van der Waals surface area contributed by atoms with Crippen molar-refractivity contribution in [3.05, 3.63) is 23.2 Å². The molecule has 2 fully saturated rings. The van der Waals surface area contributed by atoms with E-state index in [1.165, 1.54) is 15.8 Å². The lowest BCUT2D eigenvalue weighted by molar-refractivity contribution is -0.150. The smallest absolute Gasteiger partial charge is 0.365 e. The van der Waals surface area contributed by atoms with Gasteiger partial charge in [-0.25, -0.2) is 6.57 Å². The van der Waals surface area contributed by atoms with E-state index in [-0.39, 0.29) is 61.6 Å². The van der Waals surface area contributed by atoms with Crippen molar-refractivity contribution in [1.29, 1.82) is 0 Å². The van der Waals surface area contributed by atoms with E-state index < -0.39 is 24.2 Å². The van der Waals surface area contributed by atoms with E-state index in [1.54, 1.807) is 0 Å². The molecule has 1 aromatic heterocycles. The third kappa shape index (κ3) is 4.70. The van der Waals surface area contributed by atoms with Crippen LogP contribution in [0.2, 0.25) is 0 Å². The topological polar surface area (TPSA) is 97.6 Å². The van der Waals surface area contributed by atoms with Crippen molar-refractivity contribution in [2.75, 3.05) is 31.5 Å². The quantitative estimate of drug-likeness (QED) is 0.697. The summed E-state index contributed by atoms with van der Waals surface area (Å²) < 4.78 is 39.4. The van der Waals surface area contributed by atoms with E-state index in [4.69, 9.17) is 12.3 Å². The fraction of sp³-hybridized carbons (Fsp3) is 0.667. The number of nitrogens with two attached hydrogens (primary N) is 1. The lowest BCUT2D eigenvalue weighted by Crippen LogP contribution is -2.50. The summed E-state index contributed by atoms with van der Waals surface area (Å²) in [5, 5.41) is 6.96. The standard InChI is InChI=1S/C18H23F3N6O2/c1-11-7-12(11)16(29)24-15-13(14(22)28)8-27(25-15)17(9-23-2)3-5-26(6-4-17)10-18(19,20)21/h8,11-12H,3-7,9-10H2,1H3,(H2,22,28)(H,24,25,29)/t11-,12-/m0/s1. The molecular formula is C18H23F3N6O2. The summed E-state index contributed by atoms with van der Waals surface area (Å²) in [5.74, 6) is -0.861. The molecule has 1 saturated heterocycles. The summed E-state index contributed by atoms with van der Waals surface area (Å²) in [7, 11) is 0. The first-order valence-electron chi connectivity index (χ1n) is 9.38. The normalized spacial score (nSPS) is 24.0. The Kier molecular flexibility index (Phi) is 5.58. The molecule has 0 aromatic carbocycles. The van der Waals surface area contributed by atoms with Crippen LogP contribution in [0.15, 0.2) is 6.20 Å². The summed E-state index contributed by atoms with van der Waals surface area (Å²) in [4.78, 5) is 28.8. The molecule has 0 radical (unpaired) electrons. The van der Waals surface area contributed by atoms with Crippen LogP contribution in [0.5, 0.6) is 0 Å². The van der Waals surface area contributed by atoms with Gasteiger partial charge in [-0.15, -0.1) is 0 Å². The zero-order valence-corrected chi connectivity index (χ0v) is 16.0. The van der Waals surface area contributed by atoms with Crippen molar-refractivity contribution < 1.29 is 22.8 Å². The minimum atomic E-state index is -4.29. The van der Waals surface area contributed by atoms with E-state index >= 15 is 0 Å². The molecule has 158 valence electrons. The van der Waals surface area contributed by atoms with Gasteiger partial charge in [-0.3, -0.25) is 19.2 Å². The Labute approximate surface area is 166 Å². The molecule has 3 rings (SSSR count). The van der Waals surface area contributed by atoms with E-state index in [0.717, 1.165) is 6.42 Å². The van der Waals surface area contributed by atoms with Crippen LogP contribution < -0.4 is 11.1 Å². The molecule has 1 aromatic rings. The minimum absolute atomic E-state index is 0.000213. The zero-order valence-electron chi connectivity index (χ0n) is 16.0. The highest BCUT2D eigenvalue weighted by atomic mass is 19.4. The van der Waals surface area contributed by atoms with Crippen LogP contribution in [0, 0.1) is 18.4 Å². The average Bonchev–Trinajstić information content (AvgIpc) is 3.19. The van der Waals surface area contributed by atoms with E-state index in [1.807, 2.05) is 6.92 Å². The second-order valence-corrected chi connectivity index (χ2v) is 7.94. The largest absolute Gasteiger partial charge is 0.401 e. The Morgan fingerprint density at radius 1 is 1.41 bits per heavy atom. The number of amides is 2. The van der Waals surface area contributed by atoms with Crippen molar-refractivity contribution in [2.24, 2.45) is 17.6 Å². The first-order valence-corrected chi connectivity index (χ1v) is 9.38. The van der Waals surface area contributed by atoms with Gasteiger partial charge in [0.15, 0.2) is 5.82 Å². The van der Waals surface area contributed by atoms with Gasteiger partial charge in [0.05, 0.1) is 6.54 Å². The van der Waals surface area contributed by atoms with Crippen LogP contribution in [-0.4, -0.2) is 58.9 Å². The summed E-state index contributed by atoms with van der Waals surface area (Å²) >= 11 is 0. The number of alkyl halides is 3. The average molecular weight is 412 g/mol. The van der Waals surface area contributed by atoms with Gasteiger partial charge in [-0.2, -0.15) is 18.3 Å². The van der Waals surface area contributed by atoms with Crippen LogP contribution in [0.1, 0.15) is 36.5 Å². The molecule has 0 spiro atoms. The Balaban J connectivity index is 1.82. The molecule has 2 aliphatic rings. The molecule has 29 heavy (non-hydrogen) atoms. The van der Waals surface area contributed by atoms with Gasteiger partial charge in [0.1, 0.15) is 11.1 Å². The molecule has 1 aliphatic carbocycles. The fourth-order valence-electron chi connectivity index (χ4n) is 3.77. The summed E-state index contributed by atoms with van der Waals surface area (Å²) in [5.41, 5.74) is 4.59. The third-order valence-electron chi connectivity index (χ3n) is 5.72. The molecule has 1 aliphatic heterocycles. The number of carbonyl (C=O) groups excluding carboxylic acids is 2. The maximum atomic E-state index is 12.7. The highest BCUT2D eigenvalue weighted by molar-refractivity contribution is 6.02. The number of primary amides is 1. The maximum absolute atomic E-state index is 12.7. The molecule has 2 atom stereocenters. The molecule has 8 nitrogen and oxygen atoms in total. The number of anilines is 1. The number of nitrogens with zero attached hydrogens (tertiary/aromatic N) is 4. The van der Waals surface area contributed by atoms with Gasteiger partial charge in [-0.1, -0.05) is 6.92 Å². The molecular weight excluding hydrogens is 389 g/mol. The van der Waals surface area contributed by atoms with E-state index in [2.05, 4.69) is 15.3 Å². The number of halogens is 3. The van der Waals surface area contributed by atoms with Crippen LogP contribution in [-0.2, 0) is 10.3 Å². The molecule has 2 heterocycles. The SMILES string of the molecule is [C-]#[N+]CC1(n2cc(C(N)=O)c(NC(=O)[C@H]3C[C@@H]3C)n2)CCN(CC(F)(F)F)CC1. The van der Waals surface area contributed by atoms with E-state index in [9.17, 15) is 22.8 Å². The van der Waals surface area contributed by atoms with Gasteiger partial charge in [0, 0.05) is 25.2 Å². The number of piperidine rings is 1. The number of aromatic nitrogens is 2. The highest BCUT2D eigenvalue weighted by Gasteiger charge is 2.44. The second-order valence-electron chi connectivity index (χ2n) is 7.94. The Hall–Kier alpha value is -2.61. The van der Waals surface area contributed by atoms with Crippen LogP contribution in [0.4, 0.5) is 19.0 Å². The number of hydrogen-bond acceptors (Lipinski definition) is 4. The van der Waals surface area contributed by atoms with Crippen LogP contribution in [0.25, 0.3) is 4.85 Å². The van der Waals surface area contributed by atoms with Crippen LogP contribution >= 0.6 is 0 Å². The van der Waals surface area contributed by atoms with E-state index in [0.29, 0.717) is 0 Å². The van der Waals surface area contributed by atoms with Gasteiger partial charge >= 0.3 is 6.18 Å². The maximum Gasteiger partial charge on any atom is 0.401 e. The molecule has 0 unspecified atom stereocenters. The second kappa shape index (κ2) is 7.67. The zero-order chi connectivity index (χ0) is 21.4. The number of rotatable bonds is 6. The van der Waals surface area contributed by atoms with Crippen molar-refractivity contribution in [1.82, 2.24) is 14.7 Å². The molecule has 3 N–H and O–H groups in total. The molecule has 0 bridgehead atoms. The van der Waals surface area contributed by atoms with Crippen molar-refractivity contribution in [3.63, 3.8) is 0 Å². The van der Waals surface area contributed by atoms with Gasteiger partial charge in [0.2, 0.25) is 12.5 Å². The van der Waals surface area contributed by atoms with Gasteiger partial charge in [0.25, 0.3) is 5.91 Å². The van der Waals surface area contributed by atoms with Crippen molar-refractivity contribution >= 4 is 17.6 Å². The first-order chi connectivity index (χ1) is 13.5. The molecule has 1 saturated carbocycles. The number of nitrogens with one attached hydrogen (secondary N) is 1. The Morgan fingerprint density at radius 2 is 2.03 bits per heavy atom. The predicted molar refractivity (Wildman–Crippen MR) is 97.8 cm³/mol. The number of likely N-dealkylation sites (tertiary alicyclic amines) is 1. The molecule has 11 heteroatoms. The Bertz CT molecular complexity index is 836. The fourth-order valence-corrected chi connectivity index (χ4v) is 3.77. The number of carbonyl (C=O) groups is 2. The number of hydrogen-bond donors (Lipinski definition) is 2. The predicted octanol–water partition coefficient (Wildman–Crippen LogP) is 1.85. The lowest BCUT2D eigenvalue weighted by atomic mass is 9.87. The van der Waals surface area contributed by atoms with Gasteiger partial charge < -0.3 is 15.9 Å². The summed E-state index contributed by atoms with van der Waals surface area (Å²) in [6.45, 7) is 8.50. The summed E-state index contributed by atoms with van der Waals surface area (Å²) in [6, 6.07) is 0. The Morgan fingerprint density at radius 3 is 2.52 bits per heavy atom. The first kappa shape index (κ1) is 21.1. The third-order valence-corrected chi connectivity index (χ3v) is 5.72.